The molecule has 0 heterocycles. The highest BCUT2D eigenvalue weighted by Crippen LogP contribution is 2.36. The van der Waals surface area contributed by atoms with Gasteiger partial charge in [-0.1, -0.05) is 6.07 Å². The van der Waals surface area contributed by atoms with Gasteiger partial charge in [0.15, 0.2) is 0 Å². The Hall–Kier alpha value is -1.49. The molecule has 0 spiro atoms. The van der Waals surface area contributed by atoms with Crippen molar-refractivity contribution in [2.75, 3.05) is 0 Å². The quantitative estimate of drug-likeness (QED) is 0.629. The zero-order valence-electron chi connectivity index (χ0n) is 8.78. The summed E-state index contributed by atoms with van der Waals surface area (Å²) in [5.74, 6) is -0.774. The Labute approximate surface area is 92.4 Å². The van der Waals surface area contributed by atoms with Crippen molar-refractivity contribution in [3.63, 3.8) is 0 Å². The van der Waals surface area contributed by atoms with E-state index in [1.807, 2.05) is 0 Å². The lowest BCUT2D eigenvalue weighted by Crippen LogP contribution is -2.22. The number of hydrogen-bond acceptors (Lipinski definition) is 3. The topological polar surface area (TPSA) is 69.2 Å². The smallest absolute Gasteiger partial charge is 0.304 e. The van der Waals surface area contributed by atoms with Crippen LogP contribution in [0.15, 0.2) is 18.2 Å². The molecule has 16 heavy (non-hydrogen) atoms. The summed E-state index contributed by atoms with van der Waals surface area (Å²) in [4.78, 5) is 9.69. The highest BCUT2D eigenvalue weighted by molar-refractivity contribution is 5.35. The molecule has 1 fully saturated rings. The normalized spacial score (nSPS) is 17.1. The molecule has 1 saturated carbocycles. The maximum Gasteiger partial charge on any atom is 0.304 e. The third-order valence-corrected chi connectivity index (χ3v) is 3.01. The van der Waals surface area contributed by atoms with Crippen LogP contribution in [0.3, 0.4) is 0 Å². The molecule has 1 aromatic rings. The van der Waals surface area contributed by atoms with Gasteiger partial charge in [0.25, 0.3) is 0 Å². The van der Waals surface area contributed by atoms with E-state index in [1.165, 1.54) is 12.1 Å². The number of rotatable bonds is 4. The first-order chi connectivity index (χ1) is 7.50. The standard InChI is InChI=1S/C11H13FN2O2/c12-9-7-8(1-2-10(9)14(15)16)3-4-11(13)5-6-11/h1-2,7H,3-6,13H2. The molecule has 2 N–H and O–H groups in total. The van der Waals surface area contributed by atoms with E-state index in [9.17, 15) is 14.5 Å². The van der Waals surface area contributed by atoms with Gasteiger partial charge in [-0.15, -0.1) is 0 Å². The maximum atomic E-state index is 13.3. The van der Waals surface area contributed by atoms with Crippen LogP contribution in [0.25, 0.3) is 0 Å². The van der Waals surface area contributed by atoms with Crippen molar-refractivity contribution < 1.29 is 9.31 Å². The first-order valence-corrected chi connectivity index (χ1v) is 5.22. The van der Waals surface area contributed by atoms with Crippen molar-refractivity contribution in [1.82, 2.24) is 0 Å². The number of hydrogen-bond donors (Lipinski definition) is 1. The van der Waals surface area contributed by atoms with Crippen LogP contribution in [0.2, 0.25) is 0 Å². The molecular formula is C11H13FN2O2. The highest BCUT2D eigenvalue weighted by Gasteiger charge is 2.37. The monoisotopic (exact) mass is 224 g/mol. The molecule has 4 nitrogen and oxygen atoms in total. The summed E-state index contributed by atoms with van der Waals surface area (Å²) < 4.78 is 13.3. The zero-order chi connectivity index (χ0) is 11.8. The average Bonchev–Trinajstić information content (AvgIpc) is 2.94. The number of aryl methyl sites for hydroxylation is 1. The largest absolute Gasteiger partial charge is 0.325 e. The molecule has 0 amide bonds. The minimum absolute atomic E-state index is 0.0712. The van der Waals surface area contributed by atoms with Gasteiger partial charge in [-0.25, -0.2) is 0 Å². The average molecular weight is 224 g/mol. The Balaban J connectivity index is 2.05. The molecule has 0 saturated heterocycles. The van der Waals surface area contributed by atoms with E-state index in [-0.39, 0.29) is 5.54 Å². The van der Waals surface area contributed by atoms with E-state index in [4.69, 9.17) is 5.73 Å². The van der Waals surface area contributed by atoms with Crippen LogP contribution in [-0.4, -0.2) is 10.5 Å². The molecule has 0 atom stereocenters. The maximum absolute atomic E-state index is 13.3. The Bertz CT molecular complexity index is 430. The highest BCUT2D eigenvalue weighted by atomic mass is 19.1. The van der Waals surface area contributed by atoms with E-state index in [1.54, 1.807) is 6.07 Å². The van der Waals surface area contributed by atoms with E-state index in [2.05, 4.69) is 0 Å². The minimum atomic E-state index is -0.774. The number of benzene rings is 1. The molecule has 1 aliphatic rings. The Morgan fingerprint density at radius 3 is 2.69 bits per heavy atom. The molecule has 0 bridgehead atoms. The number of halogens is 1. The van der Waals surface area contributed by atoms with Crippen LogP contribution in [0, 0.1) is 15.9 Å². The summed E-state index contributed by atoms with van der Waals surface area (Å²) in [7, 11) is 0. The molecule has 0 unspecified atom stereocenters. The van der Waals surface area contributed by atoms with Crippen LogP contribution < -0.4 is 5.73 Å². The van der Waals surface area contributed by atoms with Crippen molar-refractivity contribution in [3.05, 3.63) is 39.7 Å². The van der Waals surface area contributed by atoms with E-state index >= 15 is 0 Å². The zero-order valence-corrected chi connectivity index (χ0v) is 8.78. The fourth-order valence-electron chi connectivity index (χ4n) is 1.66. The van der Waals surface area contributed by atoms with Gasteiger partial charge in [-0.2, -0.15) is 4.39 Å². The minimum Gasteiger partial charge on any atom is -0.325 e. The van der Waals surface area contributed by atoms with E-state index in [0.29, 0.717) is 6.42 Å². The van der Waals surface area contributed by atoms with E-state index < -0.39 is 16.4 Å². The fraction of sp³-hybridized carbons (Fsp3) is 0.455. The second-order valence-electron chi connectivity index (χ2n) is 4.41. The molecule has 0 aliphatic heterocycles. The number of nitrogens with two attached hydrogens (primary N) is 1. The van der Waals surface area contributed by atoms with Crippen molar-refractivity contribution in [1.29, 1.82) is 0 Å². The molecular weight excluding hydrogens is 211 g/mol. The molecule has 2 rings (SSSR count). The van der Waals surface area contributed by atoms with Gasteiger partial charge in [0.1, 0.15) is 0 Å². The lowest BCUT2D eigenvalue weighted by Gasteiger charge is -2.07. The Morgan fingerprint density at radius 2 is 2.19 bits per heavy atom. The van der Waals surface area contributed by atoms with Gasteiger partial charge in [-0.05, 0) is 37.3 Å². The fourth-order valence-corrected chi connectivity index (χ4v) is 1.66. The third kappa shape index (κ3) is 2.36. The first kappa shape index (κ1) is 11.0. The Kier molecular flexibility index (Phi) is 2.63. The summed E-state index contributed by atoms with van der Waals surface area (Å²) in [5.41, 5.74) is 6.13. The van der Waals surface area contributed by atoms with Crippen molar-refractivity contribution in [3.8, 4) is 0 Å². The van der Waals surface area contributed by atoms with Gasteiger partial charge < -0.3 is 5.73 Å². The van der Waals surface area contributed by atoms with Crippen LogP contribution in [-0.2, 0) is 6.42 Å². The van der Waals surface area contributed by atoms with Gasteiger partial charge in [-0.3, -0.25) is 10.1 Å². The number of nitro benzene ring substituents is 1. The van der Waals surface area contributed by atoms with Crippen molar-refractivity contribution in [2.45, 2.75) is 31.2 Å². The second kappa shape index (κ2) is 3.83. The van der Waals surface area contributed by atoms with Crippen molar-refractivity contribution in [2.24, 2.45) is 5.73 Å². The Morgan fingerprint density at radius 1 is 1.50 bits per heavy atom. The van der Waals surface area contributed by atoms with Gasteiger partial charge >= 0.3 is 5.69 Å². The third-order valence-electron chi connectivity index (χ3n) is 3.01. The molecule has 0 aromatic heterocycles. The first-order valence-electron chi connectivity index (χ1n) is 5.22. The lowest BCUT2D eigenvalue weighted by molar-refractivity contribution is -0.387. The predicted molar refractivity (Wildman–Crippen MR) is 57.5 cm³/mol. The molecule has 1 aliphatic carbocycles. The van der Waals surface area contributed by atoms with Crippen LogP contribution in [0.5, 0.6) is 0 Å². The van der Waals surface area contributed by atoms with Gasteiger partial charge in [0, 0.05) is 11.6 Å². The summed E-state index contributed by atoms with van der Waals surface area (Å²) in [6.07, 6.45) is 3.51. The molecule has 5 heteroatoms. The van der Waals surface area contributed by atoms with Crippen LogP contribution in [0.1, 0.15) is 24.8 Å². The molecule has 1 aromatic carbocycles. The summed E-state index contributed by atoms with van der Waals surface area (Å²) in [6, 6.07) is 4.03. The van der Waals surface area contributed by atoms with Crippen molar-refractivity contribution >= 4 is 5.69 Å². The molecule has 0 radical (unpaired) electrons. The summed E-state index contributed by atoms with van der Waals surface area (Å²) >= 11 is 0. The number of nitrogens with zero attached hydrogens (tertiary/aromatic N) is 1. The summed E-state index contributed by atoms with van der Waals surface area (Å²) in [5, 5.41) is 10.4. The van der Waals surface area contributed by atoms with Crippen LogP contribution in [0.4, 0.5) is 10.1 Å². The van der Waals surface area contributed by atoms with Gasteiger partial charge in [0.05, 0.1) is 4.92 Å². The molecule has 86 valence electrons. The summed E-state index contributed by atoms with van der Waals surface area (Å²) in [6.45, 7) is 0. The SMILES string of the molecule is NC1(CCc2ccc([N+](=O)[O-])c(F)c2)CC1. The lowest BCUT2D eigenvalue weighted by atomic mass is 10.0. The van der Waals surface area contributed by atoms with Gasteiger partial charge in [0.2, 0.25) is 5.82 Å². The van der Waals surface area contributed by atoms with E-state index in [0.717, 1.165) is 24.8 Å². The number of nitro groups is 1. The predicted octanol–water partition coefficient (Wildman–Crippen LogP) is 2.16. The second-order valence-corrected chi connectivity index (χ2v) is 4.41. The van der Waals surface area contributed by atoms with Crippen LogP contribution >= 0.6 is 0 Å².